The predicted molar refractivity (Wildman–Crippen MR) is 93.2 cm³/mol. The van der Waals surface area contributed by atoms with Crippen molar-refractivity contribution in [3.05, 3.63) is 35.4 Å². The molecular formula is C18H27NO3S. The van der Waals surface area contributed by atoms with Gasteiger partial charge in [-0.15, -0.1) is 0 Å². The van der Waals surface area contributed by atoms with Gasteiger partial charge in [-0.05, 0) is 31.7 Å². The van der Waals surface area contributed by atoms with E-state index in [9.17, 15) is 13.2 Å². The Hall–Kier alpha value is -1.36. The first-order valence-electron chi connectivity index (χ1n) is 8.46. The van der Waals surface area contributed by atoms with Gasteiger partial charge in [0, 0.05) is 19.0 Å². The van der Waals surface area contributed by atoms with Gasteiger partial charge in [0.25, 0.3) is 0 Å². The van der Waals surface area contributed by atoms with E-state index in [2.05, 4.69) is 31.2 Å². The molecule has 4 nitrogen and oxygen atoms in total. The van der Waals surface area contributed by atoms with Crippen LogP contribution in [0.5, 0.6) is 0 Å². The van der Waals surface area contributed by atoms with Crippen molar-refractivity contribution in [1.82, 2.24) is 4.90 Å². The molecule has 1 heterocycles. The second-order valence-corrected chi connectivity index (χ2v) is 8.71. The molecular weight excluding hydrogens is 310 g/mol. The highest BCUT2D eigenvalue weighted by atomic mass is 32.2. The third-order valence-electron chi connectivity index (χ3n) is 4.47. The summed E-state index contributed by atoms with van der Waals surface area (Å²) in [7, 11) is -2.96. The first-order chi connectivity index (χ1) is 10.9. The Bertz CT molecular complexity index is 622. The van der Waals surface area contributed by atoms with E-state index in [0.29, 0.717) is 25.8 Å². The lowest BCUT2D eigenvalue weighted by Gasteiger charge is -2.28. The number of hydrogen-bond donors (Lipinski definition) is 0. The van der Waals surface area contributed by atoms with Crippen molar-refractivity contribution in [2.24, 2.45) is 0 Å². The zero-order chi connectivity index (χ0) is 16.9. The van der Waals surface area contributed by atoms with Crippen LogP contribution in [-0.4, -0.2) is 43.3 Å². The zero-order valence-electron chi connectivity index (χ0n) is 14.1. The number of sulfone groups is 1. The monoisotopic (exact) mass is 337 g/mol. The standard InChI is InChI=1S/C18H27NO3S/c1-3-4-12-19(17-11-13-23(21,22)14-17)18(20)10-9-16-7-5-15(2)6-8-16/h5-8,17H,3-4,9-14H2,1-2H3. The Morgan fingerprint density at radius 2 is 1.96 bits per heavy atom. The summed E-state index contributed by atoms with van der Waals surface area (Å²) >= 11 is 0. The molecule has 1 aromatic rings. The lowest BCUT2D eigenvalue weighted by molar-refractivity contribution is -0.133. The molecule has 5 heteroatoms. The molecule has 0 aromatic heterocycles. The van der Waals surface area contributed by atoms with E-state index in [4.69, 9.17) is 0 Å². The number of nitrogens with zero attached hydrogens (tertiary/aromatic N) is 1. The second-order valence-electron chi connectivity index (χ2n) is 6.48. The summed E-state index contributed by atoms with van der Waals surface area (Å²) in [6.07, 6.45) is 3.67. The molecule has 0 bridgehead atoms. The lowest BCUT2D eigenvalue weighted by atomic mass is 10.1. The first kappa shape index (κ1) is 18.0. The fourth-order valence-corrected chi connectivity index (χ4v) is 4.74. The molecule has 1 amide bonds. The number of unbranched alkanes of at least 4 members (excludes halogenated alkanes) is 1. The van der Waals surface area contributed by atoms with Crippen molar-refractivity contribution < 1.29 is 13.2 Å². The van der Waals surface area contributed by atoms with Crippen LogP contribution in [0, 0.1) is 6.92 Å². The summed E-state index contributed by atoms with van der Waals surface area (Å²) in [5.41, 5.74) is 2.36. The molecule has 1 atom stereocenters. The summed E-state index contributed by atoms with van der Waals surface area (Å²) in [4.78, 5) is 14.4. The topological polar surface area (TPSA) is 54.5 Å². The number of benzene rings is 1. The molecule has 0 saturated carbocycles. The number of amides is 1. The Balaban J connectivity index is 1.97. The zero-order valence-corrected chi connectivity index (χ0v) is 14.9. The van der Waals surface area contributed by atoms with Crippen molar-refractivity contribution in [3.8, 4) is 0 Å². The third kappa shape index (κ3) is 5.34. The number of aryl methyl sites for hydroxylation is 2. The highest BCUT2D eigenvalue weighted by molar-refractivity contribution is 7.91. The van der Waals surface area contributed by atoms with Gasteiger partial charge < -0.3 is 4.90 Å². The first-order valence-corrected chi connectivity index (χ1v) is 10.3. The maximum atomic E-state index is 12.6. The minimum Gasteiger partial charge on any atom is -0.339 e. The minimum atomic E-state index is -2.96. The van der Waals surface area contributed by atoms with E-state index < -0.39 is 9.84 Å². The summed E-state index contributed by atoms with van der Waals surface area (Å²) in [5, 5.41) is 0. The quantitative estimate of drug-likeness (QED) is 0.769. The van der Waals surface area contributed by atoms with Crippen molar-refractivity contribution in [3.63, 3.8) is 0 Å². The van der Waals surface area contributed by atoms with E-state index >= 15 is 0 Å². The molecule has 1 aliphatic heterocycles. The Morgan fingerprint density at radius 1 is 1.26 bits per heavy atom. The molecule has 0 N–H and O–H groups in total. The summed E-state index contributed by atoms with van der Waals surface area (Å²) in [5.74, 6) is 0.430. The van der Waals surface area contributed by atoms with Gasteiger partial charge in [-0.1, -0.05) is 43.2 Å². The van der Waals surface area contributed by atoms with Crippen LogP contribution in [0.1, 0.15) is 43.7 Å². The molecule has 0 spiro atoms. The van der Waals surface area contributed by atoms with E-state index in [-0.39, 0.29) is 23.5 Å². The van der Waals surface area contributed by atoms with Crippen LogP contribution < -0.4 is 0 Å². The van der Waals surface area contributed by atoms with Crippen LogP contribution >= 0.6 is 0 Å². The van der Waals surface area contributed by atoms with Gasteiger partial charge >= 0.3 is 0 Å². The maximum Gasteiger partial charge on any atom is 0.223 e. The predicted octanol–water partition coefficient (Wildman–Crippen LogP) is 2.74. The SMILES string of the molecule is CCCCN(C(=O)CCc1ccc(C)cc1)C1CCS(=O)(=O)C1. The number of rotatable bonds is 7. The van der Waals surface area contributed by atoms with Gasteiger partial charge in [0.2, 0.25) is 5.91 Å². The second kappa shape index (κ2) is 7.95. The van der Waals surface area contributed by atoms with Gasteiger partial charge in [0.1, 0.15) is 0 Å². The lowest BCUT2D eigenvalue weighted by Crippen LogP contribution is -2.41. The molecule has 0 aliphatic carbocycles. The Kier molecular flexibility index (Phi) is 6.22. The molecule has 128 valence electrons. The number of carbonyl (C=O) groups excluding carboxylic acids is 1. The molecule has 1 saturated heterocycles. The van der Waals surface area contributed by atoms with Crippen molar-refractivity contribution in [1.29, 1.82) is 0 Å². The minimum absolute atomic E-state index is 0.0844. The molecule has 1 aliphatic rings. The molecule has 23 heavy (non-hydrogen) atoms. The molecule has 1 fully saturated rings. The molecule has 1 unspecified atom stereocenters. The van der Waals surface area contributed by atoms with E-state index in [1.165, 1.54) is 5.56 Å². The highest BCUT2D eigenvalue weighted by Crippen LogP contribution is 2.20. The molecule has 0 radical (unpaired) electrons. The van der Waals surface area contributed by atoms with Crippen LogP contribution in [0.4, 0.5) is 0 Å². The molecule has 1 aromatic carbocycles. The fraction of sp³-hybridized carbons (Fsp3) is 0.611. The van der Waals surface area contributed by atoms with Gasteiger partial charge in [0.15, 0.2) is 9.84 Å². The van der Waals surface area contributed by atoms with E-state index in [1.54, 1.807) is 0 Å². The Labute approximate surface area is 139 Å². The van der Waals surface area contributed by atoms with Crippen LogP contribution in [-0.2, 0) is 21.1 Å². The van der Waals surface area contributed by atoms with Crippen molar-refractivity contribution in [2.75, 3.05) is 18.1 Å². The van der Waals surface area contributed by atoms with Crippen LogP contribution in [0.25, 0.3) is 0 Å². The smallest absolute Gasteiger partial charge is 0.223 e. The highest BCUT2D eigenvalue weighted by Gasteiger charge is 2.34. The van der Waals surface area contributed by atoms with Crippen molar-refractivity contribution >= 4 is 15.7 Å². The van der Waals surface area contributed by atoms with Gasteiger partial charge in [-0.25, -0.2) is 8.42 Å². The number of hydrogen-bond acceptors (Lipinski definition) is 3. The average molecular weight is 337 g/mol. The van der Waals surface area contributed by atoms with E-state index in [0.717, 1.165) is 18.4 Å². The van der Waals surface area contributed by atoms with Crippen LogP contribution in [0.3, 0.4) is 0 Å². The molecule has 2 rings (SSSR count). The average Bonchev–Trinajstić information content (AvgIpc) is 2.87. The normalized spacial score (nSPS) is 19.7. The fourth-order valence-electron chi connectivity index (χ4n) is 3.01. The largest absolute Gasteiger partial charge is 0.339 e. The third-order valence-corrected chi connectivity index (χ3v) is 6.22. The summed E-state index contributed by atoms with van der Waals surface area (Å²) in [6.45, 7) is 4.80. The van der Waals surface area contributed by atoms with Gasteiger partial charge in [0.05, 0.1) is 11.5 Å². The van der Waals surface area contributed by atoms with Gasteiger partial charge in [-0.2, -0.15) is 0 Å². The van der Waals surface area contributed by atoms with Crippen molar-refractivity contribution in [2.45, 2.75) is 52.0 Å². The Morgan fingerprint density at radius 3 is 2.52 bits per heavy atom. The number of carbonyl (C=O) groups is 1. The van der Waals surface area contributed by atoms with Gasteiger partial charge in [-0.3, -0.25) is 4.79 Å². The summed E-state index contributed by atoms with van der Waals surface area (Å²) in [6, 6.07) is 8.09. The van der Waals surface area contributed by atoms with E-state index in [1.807, 2.05) is 11.8 Å². The summed E-state index contributed by atoms with van der Waals surface area (Å²) < 4.78 is 23.4. The maximum absolute atomic E-state index is 12.6. The van der Waals surface area contributed by atoms with Crippen LogP contribution in [0.15, 0.2) is 24.3 Å². The van der Waals surface area contributed by atoms with Crippen LogP contribution in [0.2, 0.25) is 0 Å².